The van der Waals surface area contributed by atoms with Gasteiger partial charge in [-0.15, -0.1) is 0 Å². The van der Waals surface area contributed by atoms with E-state index in [2.05, 4.69) is 4.74 Å². The number of rotatable bonds is 6. The van der Waals surface area contributed by atoms with Crippen LogP contribution in [0.3, 0.4) is 0 Å². The van der Waals surface area contributed by atoms with Crippen LogP contribution in [0, 0.1) is 11.3 Å². The lowest BCUT2D eigenvalue weighted by atomic mass is 9.98. The van der Waals surface area contributed by atoms with Crippen LogP contribution in [0.25, 0.3) is 0 Å². The van der Waals surface area contributed by atoms with Crippen LogP contribution in [0.5, 0.6) is 0 Å². The van der Waals surface area contributed by atoms with E-state index in [1.807, 2.05) is 0 Å². The maximum atomic E-state index is 12.1. The van der Waals surface area contributed by atoms with Gasteiger partial charge in [-0.05, 0) is 6.92 Å². The van der Waals surface area contributed by atoms with E-state index in [0.717, 1.165) is 0 Å². The van der Waals surface area contributed by atoms with Gasteiger partial charge in [0.15, 0.2) is 11.7 Å². The first-order chi connectivity index (χ1) is 7.21. The molecule has 0 spiro atoms. The van der Waals surface area contributed by atoms with Gasteiger partial charge in [-0.2, -0.15) is 13.2 Å². The molecular formula is C8H10F3NO4. The molecule has 0 bridgehead atoms. The number of Topliss-reactive ketones (excluding diaryl/α,β-unsaturated/α-hetero) is 1. The molecule has 0 heterocycles. The predicted molar refractivity (Wildman–Crippen MR) is 46.4 cm³/mol. The van der Waals surface area contributed by atoms with Gasteiger partial charge in [-0.1, -0.05) is 0 Å². The number of hydrogen-bond acceptors (Lipinski definition) is 4. The Balaban J connectivity index is 4.82. The summed E-state index contributed by atoms with van der Waals surface area (Å²) in [5.41, 5.74) is -2.09. The molecule has 0 aromatic rings. The molecule has 0 amide bonds. The number of nitrogens with one attached hydrogen (secondary N) is 1. The zero-order valence-electron chi connectivity index (χ0n) is 8.30. The fourth-order valence-corrected chi connectivity index (χ4v) is 0.872. The first kappa shape index (κ1) is 14.6. The van der Waals surface area contributed by atoms with Gasteiger partial charge in [0.1, 0.15) is 12.3 Å². The van der Waals surface area contributed by atoms with E-state index in [4.69, 9.17) is 10.5 Å². The molecule has 1 atom stereocenters. The Kier molecular flexibility index (Phi) is 5.09. The first-order valence-corrected chi connectivity index (χ1v) is 4.20. The molecule has 0 aromatic carbocycles. The van der Waals surface area contributed by atoms with Gasteiger partial charge in [-0.3, -0.25) is 15.0 Å². The van der Waals surface area contributed by atoms with Crippen molar-refractivity contribution >= 4 is 17.5 Å². The standard InChI is InChI=1S/C8H10F3NO4/c1-2-16-3-4(13)5(7(14)15)6(12)8(9,10)11/h5,12H,2-3H2,1H3,(H,14,15). The summed E-state index contributed by atoms with van der Waals surface area (Å²) in [6, 6.07) is 0. The van der Waals surface area contributed by atoms with Gasteiger partial charge in [0.05, 0.1) is 0 Å². The minimum atomic E-state index is -5.13. The van der Waals surface area contributed by atoms with Crippen molar-refractivity contribution in [1.29, 1.82) is 5.41 Å². The average Bonchev–Trinajstić information content (AvgIpc) is 2.12. The molecule has 8 heteroatoms. The molecule has 0 saturated carbocycles. The summed E-state index contributed by atoms with van der Waals surface area (Å²) in [4.78, 5) is 21.6. The topological polar surface area (TPSA) is 87.5 Å². The van der Waals surface area contributed by atoms with E-state index in [1.165, 1.54) is 6.92 Å². The molecule has 5 nitrogen and oxygen atoms in total. The first-order valence-electron chi connectivity index (χ1n) is 4.20. The highest BCUT2D eigenvalue weighted by Gasteiger charge is 2.45. The maximum absolute atomic E-state index is 12.1. The number of aliphatic carboxylic acids is 1. The van der Waals surface area contributed by atoms with Crippen molar-refractivity contribution in [2.75, 3.05) is 13.2 Å². The van der Waals surface area contributed by atoms with Gasteiger partial charge in [-0.25, -0.2) is 0 Å². The Hall–Kier alpha value is -1.44. The number of carboxylic acids is 1. The van der Waals surface area contributed by atoms with E-state index < -0.39 is 36.2 Å². The van der Waals surface area contributed by atoms with Crippen molar-refractivity contribution < 1.29 is 32.6 Å². The minimum absolute atomic E-state index is 0.0669. The summed E-state index contributed by atoms with van der Waals surface area (Å²) in [5, 5.41) is 15.1. The largest absolute Gasteiger partial charge is 0.480 e. The molecule has 0 aromatic heterocycles. The molecule has 0 saturated heterocycles. The highest BCUT2D eigenvalue weighted by atomic mass is 19.4. The molecule has 0 radical (unpaired) electrons. The van der Waals surface area contributed by atoms with Crippen LogP contribution >= 0.6 is 0 Å². The Bertz CT molecular complexity index is 300. The third-order valence-corrected chi connectivity index (χ3v) is 1.61. The van der Waals surface area contributed by atoms with Gasteiger partial charge in [0, 0.05) is 6.61 Å². The van der Waals surface area contributed by atoms with Gasteiger partial charge in [0.2, 0.25) is 0 Å². The van der Waals surface area contributed by atoms with Crippen molar-refractivity contribution in [3.63, 3.8) is 0 Å². The Morgan fingerprint density at radius 3 is 2.25 bits per heavy atom. The second-order valence-electron chi connectivity index (χ2n) is 2.79. The molecule has 0 rings (SSSR count). The molecule has 0 fully saturated rings. The van der Waals surface area contributed by atoms with E-state index in [0.29, 0.717) is 0 Å². The monoisotopic (exact) mass is 241 g/mol. The van der Waals surface area contributed by atoms with E-state index in [-0.39, 0.29) is 6.61 Å². The molecule has 0 aliphatic rings. The number of alkyl halides is 3. The summed E-state index contributed by atoms with van der Waals surface area (Å²) >= 11 is 0. The average molecular weight is 241 g/mol. The highest BCUT2D eigenvalue weighted by Crippen LogP contribution is 2.22. The zero-order valence-corrected chi connectivity index (χ0v) is 8.30. The second kappa shape index (κ2) is 5.59. The predicted octanol–water partition coefficient (Wildman–Crippen LogP) is 0.875. The summed E-state index contributed by atoms with van der Waals surface area (Å²) < 4.78 is 40.7. The minimum Gasteiger partial charge on any atom is -0.480 e. The summed E-state index contributed by atoms with van der Waals surface area (Å²) in [6.07, 6.45) is -5.13. The fourth-order valence-electron chi connectivity index (χ4n) is 0.872. The van der Waals surface area contributed by atoms with E-state index in [1.54, 1.807) is 0 Å². The molecule has 92 valence electrons. The fraction of sp³-hybridized carbons (Fsp3) is 0.625. The van der Waals surface area contributed by atoms with Crippen LogP contribution in [-0.2, 0) is 14.3 Å². The number of halogens is 3. The van der Waals surface area contributed by atoms with Crippen LogP contribution in [-0.4, -0.2) is 42.0 Å². The number of ketones is 1. The van der Waals surface area contributed by atoms with Crippen molar-refractivity contribution in [3.05, 3.63) is 0 Å². The second-order valence-corrected chi connectivity index (χ2v) is 2.79. The zero-order chi connectivity index (χ0) is 12.9. The van der Waals surface area contributed by atoms with E-state index in [9.17, 15) is 22.8 Å². The van der Waals surface area contributed by atoms with Crippen molar-refractivity contribution in [2.24, 2.45) is 5.92 Å². The summed E-state index contributed by atoms with van der Waals surface area (Å²) in [5.74, 6) is -5.82. The van der Waals surface area contributed by atoms with Crippen molar-refractivity contribution in [2.45, 2.75) is 13.1 Å². The van der Waals surface area contributed by atoms with E-state index >= 15 is 0 Å². The third kappa shape index (κ3) is 3.97. The SMILES string of the molecule is CCOCC(=O)C(C(=N)C(F)(F)F)C(=O)O. The van der Waals surface area contributed by atoms with Gasteiger partial charge < -0.3 is 9.84 Å². The van der Waals surface area contributed by atoms with Crippen LogP contribution in [0.2, 0.25) is 0 Å². The lowest BCUT2D eigenvalue weighted by molar-refractivity contribution is -0.146. The quantitative estimate of drug-likeness (QED) is 0.533. The molecule has 2 N–H and O–H groups in total. The molecule has 1 unspecified atom stereocenters. The third-order valence-electron chi connectivity index (χ3n) is 1.61. The number of carboxylic acid groups (broad SMARTS) is 1. The number of carbonyl (C=O) groups excluding carboxylic acids is 1. The van der Waals surface area contributed by atoms with Crippen molar-refractivity contribution in [3.8, 4) is 0 Å². The lowest BCUT2D eigenvalue weighted by Gasteiger charge is -2.14. The number of ether oxygens (including phenoxy) is 1. The van der Waals surface area contributed by atoms with Gasteiger partial charge >= 0.3 is 12.1 Å². The lowest BCUT2D eigenvalue weighted by Crippen LogP contribution is -2.41. The molecule has 0 aliphatic carbocycles. The highest BCUT2D eigenvalue weighted by molar-refractivity contribution is 6.19. The van der Waals surface area contributed by atoms with Crippen LogP contribution in [0.15, 0.2) is 0 Å². The Morgan fingerprint density at radius 2 is 1.94 bits per heavy atom. The number of carbonyl (C=O) groups is 2. The Morgan fingerprint density at radius 1 is 1.44 bits per heavy atom. The van der Waals surface area contributed by atoms with Crippen LogP contribution < -0.4 is 0 Å². The van der Waals surface area contributed by atoms with Gasteiger partial charge in [0.25, 0.3) is 0 Å². The molecular weight excluding hydrogens is 231 g/mol. The normalized spacial score (nSPS) is 13.2. The number of hydrogen-bond donors (Lipinski definition) is 2. The maximum Gasteiger partial charge on any atom is 0.430 e. The smallest absolute Gasteiger partial charge is 0.430 e. The molecule has 16 heavy (non-hydrogen) atoms. The Labute approximate surface area is 88.7 Å². The summed E-state index contributed by atoms with van der Waals surface area (Å²) in [6.45, 7) is 0.807. The molecule has 0 aliphatic heterocycles. The summed E-state index contributed by atoms with van der Waals surface area (Å²) in [7, 11) is 0. The van der Waals surface area contributed by atoms with Crippen molar-refractivity contribution in [1.82, 2.24) is 0 Å². The van der Waals surface area contributed by atoms with Crippen LogP contribution in [0.1, 0.15) is 6.92 Å². The van der Waals surface area contributed by atoms with Crippen LogP contribution in [0.4, 0.5) is 13.2 Å².